The highest BCUT2D eigenvalue weighted by atomic mass is 33.1. The maximum atomic E-state index is 12.2. The van der Waals surface area contributed by atoms with Gasteiger partial charge in [-0.15, -0.1) is 0 Å². The molecule has 0 saturated heterocycles. The van der Waals surface area contributed by atoms with Crippen LogP contribution in [0.3, 0.4) is 0 Å². The third-order valence-electron chi connectivity index (χ3n) is 10.2. The van der Waals surface area contributed by atoms with Crippen molar-refractivity contribution < 1.29 is 39.4 Å². The fourth-order valence-corrected chi connectivity index (χ4v) is 11.2. The molecule has 0 unspecified atom stereocenters. The normalized spacial score (nSPS) is 27.1. The van der Waals surface area contributed by atoms with E-state index in [4.69, 9.17) is 18.9 Å². The lowest BCUT2D eigenvalue weighted by molar-refractivity contribution is 0.00299. The molecule has 4 N–H and O–H groups in total. The summed E-state index contributed by atoms with van der Waals surface area (Å²) in [4.78, 5) is 0. The summed E-state index contributed by atoms with van der Waals surface area (Å²) in [5.74, 6) is 2.12. The number of phenols is 3. The van der Waals surface area contributed by atoms with Gasteiger partial charge in [-0.1, -0.05) is 40.5 Å². The molecule has 2 heterocycles. The zero-order valence-electron chi connectivity index (χ0n) is 25.7. The van der Waals surface area contributed by atoms with Crippen LogP contribution in [0.4, 0.5) is 0 Å². The molecule has 3 aromatic carbocycles. The summed E-state index contributed by atoms with van der Waals surface area (Å²) in [5.41, 5.74) is 5.55. The van der Waals surface area contributed by atoms with Gasteiger partial charge in [0, 0.05) is 39.7 Å². The first-order valence-electron chi connectivity index (χ1n) is 15.7. The summed E-state index contributed by atoms with van der Waals surface area (Å²) >= 11 is 0. The molecule has 8 nitrogen and oxygen atoms in total. The van der Waals surface area contributed by atoms with Crippen LogP contribution in [0.1, 0.15) is 78.7 Å². The lowest BCUT2D eigenvalue weighted by Crippen LogP contribution is -2.37. The van der Waals surface area contributed by atoms with E-state index in [9.17, 15) is 20.4 Å². The monoisotopic (exact) mass is 652 g/mol. The Morgan fingerprint density at radius 2 is 1.69 bits per heavy atom. The van der Waals surface area contributed by atoms with Gasteiger partial charge in [-0.2, -0.15) is 0 Å². The molecule has 6 atom stereocenters. The zero-order chi connectivity index (χ0) is 31.4. The van der Waals surface area contributed by atoms with Crippen LogP contribution in [0.25, 0.3) is 11.1 Å². The summed E-state index contributed by atoms with van der Waals surface area (Å²) in [6.45, 7) is 0. The predicted molar refractivity (Wildman–Crippen MR) is 177 cm³/mol. The molecule has 0 amide bonds. The number of aliphatic hydroxyl groups is 1. The van der Waals surface area contributed by atoms with Crippen molar-refractivity contribution in [3.8, 4) is 51.4 Å². The summed E-state index contributed by atoms with van der Waals surface area (Å²) in [7, 11) is 8.18. The van der Waals surface area contributed by atoms with E-state index in [-0.39, 0.29) is 46.1 Å². The molecule has 240 valence electrons. The molecule has 45 heavy (non-hydrogen) atoms. The first kappa shape index (κ1) is 30.6. The average Bonchev–Trinajstić information content (AvgIpc) is 3.05. The van der Waals surface area contributed by atoms with Gasteiger partial charge in [0.15, 0.2) is 17.6 Å². The van der Waals surface area contributed by atoms with Crippen LogP contribution in [0.2, 0.25) is 0 Å². The minimum Gasteiger partial charge on any atom is -0.508 e. The zero-order valence-corrected chi connectivity index (χ0v) is 27.4. The van der Waals surface area contributed by atoms with Gasteiger partial charge in [-0.05, 0) is 78.8 Å². The van der Waals surface area contributed by atoms with E-state index >= 15 is 0 Å². The highest BCUT2D eigenvalue weighted by Crippen LogP contribution is 2.58. The number of fused-ring (bicyclic) bond motifs is 6. The van der Waals surface area contributed by atoms with Crippen molar-refractivity contribution in [1.29, 1.82) is 0 Å². The summed E-state index contributed by atoms with van der Waals surface area (Å²) < 4.78 is 23.4. The Labute approximate surface area is 271 Å². The van der Waals surface area contributed by atoms with Gasteiger partial charge >= 0.3 is 0 Å². The second-order valence-corrected chi connectivity index (χ2v) is 15.4. The second kappa shape index (κ2) is 12.3. The van der Waals surface area contributed by atoms with Crippen LogP contribution in [-0.2, 0) is 6.42 Å². The van der Waals surface area contributed by atoms with Gasteiger partial charge in [-0.25, -0.2) is 0 Å². The molecule has 2 aliphatic heterocycles. The van der Waals surface area contributed by atoms with Gasteiger partial charge in [0.2, 0.25) is 11.5 Å². The average molecular weight is 653 g/mol. The van der Waals surface area contributed by atoms with Gasteiger partial charge < -0.3 is 39.4 Å². The number of phenolic OH excluding ortho intramolecular Hbond substituents is 3. The van der Waals surface area contributed by atoms with Crippen molar-refractivity contribution in [2.24, 2.45) is 5.92 Å². The summed E-state index contributed by atoms with van der Waals surface area (Å²) in [6.07, 6.45) is 5.86. The number of ether oxygens (including phenoxy) is 4. The maximum Gasteiger partial charge on any atom is 0.207 e. The number of methoxy groups -OCH3 is 3. The van der Waals surface area contributed by atoms with E-state index in [0.717, 1.165) is 47.1 Å². The van der Waals surface area contributed by atoms with E-state index in [0.29, 0.717) is 28.4 Å². The van der Waals surface area contributed by atoms with Crippen molar-refractivity contribution in [3.05, 3.63) is 52.6 Å². The Balaban J connectivity index is 1.42. The summed E-state index contributed by atoms with van der Waals surface area (Å²) in [6, 6.07) is 9.05. The van der Waals surface area contributed by atoms with E-state index < -0.39 is 12.2 Å². The molecule has 4 bridgehead atoms. The lowest BCUT2D eigenvalue weighted by atomic mass is 9.71. The SMILES string of the molecule is COc1cc([C@H]2Oc3cc(OC)c4c5c3[C@@H](CSS[C@H]3CCC[C@H](CC[C@H](C5)c5cc(O)ccc5-4)C3)[C@H]2O)c(O)c(OC)c1O. The van der Waals surface area contributed by atoms with Crippen molar-refractivity contribution in [2.75, 3.05) is 27.1 Å². The first-order chi connectivity index (χ1) is 21.8. The molecule has 2 aliphatic carbocycles. The lowest BCUT2D eigenvalue weighted by Gasteiger charge is -2.41. The van der Waals surface area contributed by atoms with Crippen LogP contribution in [0, 0.1) is 5.92 Å². The number of hydrogen-bond acceptors (Lipinski definition) is 10. The largest absolute Gasteiger partial charge is 0.508 e. The molecule has 0 radical (unpaired) electrons. The molecule has 1 fully saturated rings. The topological polar surface area (TPSA) is 118 Å². The quantitative estimate of drug-likeness (QED) is 0.212. The molecule has 0 aromatic heterocycles. The van der Waals surface area contributed by atoms with E-state index in [1.165, 1.54) is 46.0 Å². The molecule has 0 spiro atoms. The van der Waals surface area contributed by atoms with Gasteiger partial charge in [-0.3, -0.25) is 0 Å². The number of benzene rings is 3. The van der Waals surface area contributed by atoms with Crippen molar-refractivity contribution in [2.45, 2.75) is 74.2 Å². The molecule has 3 aromatic rings. The van der Waals surface area contributed by atoms with Crippen molar-refractivity contribution in [1.82, 2.24) is 0 Å². The number of hydrogen-bond donors (Lipinski definition) is 4. The number of aromatic hydroxyl groups is 3. The smallest absolute Gasteiger partial charge is 0.207 e. The standard InChI is InChI=1S/C35H40O8S2/c1-40-26-15-27-30-23-12-18(22-13-19(36)9-10-21(22)29(23)26)8-7-17-5-4-6-20(11-17)45-44-16-25(30)32(38)34(43-27)24-14-28(41-2)33(39)35(42-3)31(24)37/h9-10,13-15,17-18,20,25,32,34,36-39H,4-8,11-12,16H2,1-3H3/t17-,18-,20+,25-,32-,34-/m1/s1. The second-order valence-electron chi connectivity index (χ2n) is 12.7. The minimum absolute atomic E-state index is 0.110. The van der Waals surface area contributed by atoms with Crippen molar-refractivity contribution in [3.63, 3.8) is 0 Å². The minimum atomic E-state index is -1.02. The van der Waals surface area contributed by atoms with Gasteiger partial charge in [0.25, 0.3) is 0 Å². The molecule has 4 aliphatic rings. The Morgan fingerprint density at radius 1 is 0.867 bits per heavy atom. The molecular weight excluding hydrogens is 613 g/mol. The Hall–Kier alpha value is -3.08. The molecule has 7 rings (SSSR count). The number of rotatable bonds is 4. The molecular formula is C35H40O8S2. The van der Waals surface area contributed by atoms with Crippen molar-refractivity contribution >= 4 is 21.6 Å². The molecule has 1 saturated carbocycles. The Morgan fingerprint density at radius 3 is 2.47 bits per heavy atom. The van der Waals surface area contributed by atoms with Crippen LogP contribution >= 0.6 is 21.6 Å². The summed E-state index contributed by atoms with van der Waals surface area (Å²) in [5, 5.41) is 45.2. The third-order valence-corrected chi connectivity index (χ3v) is 13.2. The highest BCUT2D eigenvalue weighted by molar-refractivity contribution is 8.76. The third kappa shape index (κ3) is 5.22. The fourth-order valence-electron chi connectivity index (χ4n) is 8.06. The van der Waals surface area contributed by atoms with Crippen LogP contribution in [0.15, 0.2) is 30.3 Å². The molecule has 10 heteroatoms. The predicted octanol–water partition coefficient (Wildman–Crippen LogP) is 7.45. The number of aliphatic hydroxyl groups excluding tert-OH is 1. The fraction of sp³-hybridized carbons (Fsp3) is 0.486. The van der Waals surface area contributed by atoms with Gasteiger partial charge in [0.05, 0.1) is 21.3 Å². The van der Waals surface area contributed by atoms with E-state index in [2.05, 4.69) is 0 Å². The van der Waals surface area contributed by atoms with Crippen LogP contribution < -0.4 is 18.9 Å². The first-order valence-corrected chi connectivity index (χ1v) is 18.1. The van der Waals surface area contributed by atoms with E-state index in [1.54, 1.807) is 13.2 Å². The Kier molecular flexibility index (Phi) is 8.33. The highest BCUT2D eigenvalue weighted by Gasteiger charge is 2.45. The maximum absolute atomic E-state index is 12.2. The van der Waals surface area contributed by atoms with Crippen LogP contribution in [0.5, 0.6) is 40.2 Å². The Bertz CT molecular complexity index is 1610. The van der Waals surface area contributed by atoms with Gasteiger partial charge in [0.1, 0.15) is 23.4 Å². The van der Waals surface area contributed by atoms with Crippen LogP contribution in [-0.4, -0.2) is 58.9 Å². The van der Waals surface area contributed by atoms with E-state index in [1.807, 2.05) is 39.8 Å².